The first kappa shape index (κ1) is 15.0. The van der Waals surface area contributed by atoms with Crippen LogP contribution in [0.3, 0.4) is 0 Å². The Morgan fingerprint density at radius 3 is 2.42 bits per heavy atom. The van der Waals surface area contributed by atoms with E-state index in [4.69, 9.17) is 15.6 Å². The van der Waals surface area contributed by atoms with Gasteiger partial charge in [-0.05, 0) is 26.0 Å². The third-order valence-electron chi connectivity index (χ3n) is 2.79. The highest BCUT2D eigenvalue weighted by atomic mass is 16.5. The number of carboxylic acid groups (broad SMARTS) is 1. The second kappa shape index (κ2) is 5.71. The van der Waals surface area contributed by atoms with Gasteiger partial charge in [-0.15, -0.1) is 0 Å². The second-order valence-corrected chi connectivity index (χ2v) is 4.56. The van der Waals surface area contributed by atoms with Crippen molar-refractivity contribution in [2.24, 2.45) is 0 Å². The van der Waals surface area contributed by atoms with E-state index < -0.39 is 24.0 Å². The summed E-state index contributed by atoms with van der Waals surface area (Å²) in [6, 6.07) is 6.61. The maximum Gasteiger partial charge on any atom is 0.323 e. The predicted molar refractivity (Wildman–Crippen MR) is 71.9 cm³/mol. The van der Waals surface area contributed by atoms with E-state index in [9.17, 15) is 9.59 Å². The van der Waals surface area contributed by atoms with Gasteiger partial charge in [0.2, 0.25) is 0 Å². The summed E-state index contributed by atoms with van der Waals surface area (Å²) >= 11 is 0. The lowest BCUT2D eigenvalue weighted by atomic mass is 10.1. The molecule has 0 radical (unpaired) electrons. The maximum absolute atomic E-state index is 12.4. The van der Waals surface area contributed by atoms with Gasteiger partial charge in [-0.25, -0.2) is 0 Å². The number of carbonyl (C=O) groups is 2. The Balaban J connectivity index is 3.20. The lowest BCUT2D eigenvalue weighted by molar-refractivity contribution is -0.141. The quantitative estimate of drug-likeness (QED) is 0.779. The number of methoxy groups -OCH3 is 1. The van der Waals surface area contributed by atoms with Gasteiger partial charge in [0.25, 0.3) is 5.91 Å². The number of ether oxygens (including phenoxy) is 1. The van der Waals surface area contributed by atoms with E-state index in [1.54, 1.807) is 38.1 Å². The third kappa shape index (κ3) is 3.45. The van der Waals surface area contributed by atoms with Crippen LogP contribution >= 0.6 is 0 Å². The van der Waals surface area contributed by atoms with Crippen LogP contribution in [0.4, 0.5) is 11.4 Å². The number of aliphatic carboxylic acids is 1. The Kier molecular flexibility index (Phi) is 4.50. The number of carbonyl (C=O) groups excluding carboxylic acids is 1. The summed E-state index contributed by atoms with van der Waals surface area (Å²) in [6.45, 7) is 2.67. The lowest BCUT2D eigenvalue weighted by Gasteiger charge is -2.30. The molecule has 1 aromatic carbocycles. The molecule has 1 rings (SSSR count). The van der Waals surface area contributed by atoms with E-state index >= 15 is 0 Å². The Hall–Kier alpha value is -2.08. The molecule has 6 heteroatoms. The zero-order valence-corrected chi connectivity index (χ0v) is 11.2. The van der Waals surface area contributed by atoms with Crippen LogP contribution in [0.5, 0.6) is 0 Å². The molecule has 3 N–H and O–H groups in total. The van der Waals surface area contributed by atoms with Crippen molar-refractivity contribution in [1.82, 2.24) is 0 Å². The van der Waals surface area contributed by atoms with Gasteiger partial charge in [0.05, 0.1) is 11.4 Å². The molecular weight excluding hydrogens is 248 g/mol. The second-order valence-electron chi connectivity index (χ2n) is 4.56. The Morgan fingerprint density at radius 1 is 1.37 bits per heavy atom. The van der Waals surface area contributed by atoms with Gasteiger partial charge in [-0.3, -0.25) is 14.5 Å². The van der Waals surface area contributed by atoms with Crippen molar-refractivity contribution in [3.63, 3.8) is 0 Å². The van der Waals surface area contributed by atoms with Gasteiger partial charge >= 0.3 is 5.97 Å². The molecule has 0 spiro atoms. The summed E-state index contributed by atoms with van der Waals surface area (Å²) < 4.78 is 5.10. The fourth-order valence-corrected chi connectivity index (χ4v) is 1.55. The van der Waals surface area contributed by atoms with Gasteiger partial charge in [0, 0.05) is 7.11 Å². The zero-order valence-electron chi connectivity index (χ0n) is 11.2. The molecule has 0 heterocycles. The number of para-hydroxylation sites is 2. The summed E-state index contributed by atoms with van der Waals surface area (Å²) in [7, 11) is 1.39. The summed E-state index contributed by atoms with van der Waals surface area (Å²) in [5, 5.41) is 8.95. The minimum Gasteiger partial charge on any atom is -0.480 e. The SMILES string of the molecule is COC(C)(C)C(=O)N(CC(=O)O)c1ccccc1N. The number of amides is 1. The van der Waals surface area contributed by atoms with E-state index in [1.807, 2.05) is 0 Å². The smallest absolute Gasteiger partial charge is 0.323 e. The van der Waals surface area contributed by atoms with E-state index in [0.717, 1.165) is 4.90 Å². The first-order chi connectivity index (χ1) is 8.79. The van der Waals surface area contributed by atoms with Gasteiger partial charge in [-0.2, -0.15) is 0 Å². The first-order valence-electron chi connectivity index (χ1n) is 5.73. The van der Waals surface area contributed by atoms with Crippen molar-refractivity contribution < 1.29 is 19.4 Å². The minimum absolute atomic E-state index is 0.337. The number of hydrogen-bond donors (Lipinski definition) is 2. The van der Waals surface area contributed by atoms with Crippen LogP contribution in [-0.4, -0.2) is 36.2 Å². The normalized spacial score (nSPS) is 11.1. The highest BCUT2D eigenvalue weighted by Crippen LogP contribution is 2.25. The summed E-state index contributed by atoms with van der Waals surface area (Å²) in [6.07, 6.45) is 0. The number of nitrogens with two attached hydrogens (primary N) is 1. The summed E-state index contributed by atoms with van der Waals surface area (Å²) in [5.41, 5.74) is 5.36. The van der Waals surface area contributed by atoms with Gasteiger partial charge in [-0.1, -0.05) is 12.1 Å². The van der Waals surface area contributed by atoms with Crippen LogP contribution in [0.15, 0.2) is 24.3 Å². The van der Waals surface area contributed by atoms with Gasteiger partial charge in [0.15, 0.2) is 0 Å². The molecule has 1 amide bonds. The number of carboxylic acids is 1. The molecule has 0 saturated heterocycles. The molecule has 0 fully saturated rings. The lowest BCUT2D eigenvalue weighted by Crippen LogP contribution is -2.48. The molecule has 104 valence electrons. The number of anilines is 2. The van der Waals surface area contributed by atoms with Crippen molar-refractivity contribution in [3.05, 3.63) is 24.3 Å². The van der Waals surface area contributed by atoms with Crippen LogP contribution < -0.4 is 10.6 Å². The van der Waals surface area contributed by atoms with Crippen LogP contribution in [0, 0.1) is 0 Å². The van der Waals surface area contributed by atoms with Gasteiger partial charge in [0.1, 0.15) is 12.1 Å². The predicted octanol–water partition coefficient (Wildman–Crippen LogP) is 1.11. The van der Waals surface area contributed by atoms with Crippen molar-refractivity contribution in [1.29, 1.82) is 0 Å². The number of hydrogen-bond acceptors (Lipinski definition) is 4. The monoisotopic (exact) mass is 266 g/mol. The van der Waals surface area contributed by atoms with Crippen LogP contribution in [0.25, 0.3) is 0 Å². The summed E-state index contributed by atoms with van der Waals surface area (Å²) in [5.74, 6) is -1.58. The Labute approximate surface area is 111 Å². The number of nitrogen functional groups attached to an aromatic ring is 1. The third-order valence-corrected chi connectivity index (χ3v) is 2.79. The molecular formula is C13H18N2O4. The Morgan fingerprint density at radius 2 is 1.95 bits per heavy atom. The zero-order chi connectivity index (χ0) is 14.6. The standard InChI is InChI=1S/C13H18N2O4/c1-13(2,19-3)12(18)15(8-11(16)17)10-7-5-4-6-9(10)14/h4-7H,8,14H2,1-3H3,(H,16,17). The molecule has 19 heavy (non-hydrogen) atoms. The number of nitrogens with zero attached hydrogens (tertiary/aromatic N) is 1. The fraction of sp³-hybridized carbons (Fsp3) is 0.385. The molecule has 0 unspecified atom stereocenters. The van der Waals surface area contributed by atoms with Crippen molar-refractivity contribution in [3.8, 4) is 0 Å². The van der Waals surface area contributed by atoms with Crippen LogP contribution in [-0.2, 0) is 14.3 Å². The largest absolute Gasteiger partial charge is 0.480 e. The van der Waals surface area contributed by atoms with E-state index in [-0.39, 0.29) is 0 Å². The molecule has 1 aromatic rings. The van der Waals surface area contributed by atoms with Crippen molar-refractivity contribution >= 4 is 23.3 Å². The van der Waals surface area contributed by atoms with Crippen molar-refractivity contribution in [2.75, 3.05) is 24.3 Å². The number of benzene rings is 1. The highest BCUT2D eigenvalue weighted by Gasteiger charge is 2.34. The minimum atomic E-state index is -1.13. The molecule has 0 atom stereocenters. The summed E-state index contributed by atoms with van der Waals surface area (Å²) in [4.78, 5) is 24.4. The van der Waals surface area contributed by atoms with Gasteiger partial charge < -0.3 is 15.6 Å². The van der Waals surface area contributed by atoms with E-state index in [1.165, 1.54) is 7.11 Å². The molecule has 6 nitrogen and oxygen atoms in total. The van der Waals surface area contributed by atoms with Crippen molar-refractivity contribution in [2.45, 2.75) is 19.4 Å². The van der Waals surface area contributed by atoms with Crippen LogP contribution in [0.2, 0.25) is 0 Å². The molecule has 0 saturated carbocycles. The molecule has 0 aliphatic carbocycles. The Bertz CT molecular complexity index is 485. The maximum atomic E-state index is 12.4. The molecule has 0 aliphatic rings. The highest BCUT2D eigenvalue weighted by molar-refractivity contribution is 6.03. The average Bonchev–Trinajstić information content (AvgIpc) is 2.36. The average molecular weight is 266 g/mol. The molecule has 0 aromatic heterocycles. The molecule has 0 aliphatic heterocycles. The fourth-order valence-electron chi connectivity index (χ4n) is 1.55. The number of rotatable bonds is 5. The van der Waals surface area contributed by atoms with E-state index in [0.29, 0.717) is 11.4 Å². The van der Waals surface area contributed by atoms with Crippen LogP contribution in [0.1, 0.15) is 13.8 Å². The topological polar surface area (TPSA) is 92.9 Å². The van der Waals surface area contributed by atoms with E-state index in [2.05, 4.69) is 0 Å². The molecule has 0 bridgehead atoms. The first-order valence-corrected chi connectivity index (χ1v) is 5.73.